The maximum absolute atomic E-state index is 10.9. The van der Waals surface area contributed by atoms with E-state index in [0.717, 1.165) is 0 Å². The van der Waals surface area contributed by atoms with Crippen molar-refractivity contribution in [3.63, 3.8) is 0 Å². The number of carbonyl (C=O) groups excluding carboxylic acids is 1. The van der Waals surface area contributed by atoms with Gasteiger partial charge in [-0.1, -0.05) is 0 Å². The number of aromatic nitrogens is 4. The maximum Gasteiger partial charge on any atom is 0.178 e. The van der Waals surface area contributed by atoms with E-state index < -0.39 is 0 Å². The molecular formula is C7H6N4OS. The first-order chi connectivity index (χ1) is 6.27. The molecule has 0 aromatic carbocycles. The summed E-state index contributed by atoms with van der Waals surface area (Å²) in [5, 5.41) is 12.4. The van der Waals surface area contributed by atoms with Crippen molar-refractivity contribution in [3.8, 4) is 10.7 Å². The molecule has 0 aliphatic rings. The monoisotopic (exact) mass is 194 g/mol. The highest BCUT2D eigenvalue weighted by atomic mass is 32.1. The van der Waals surface area contributed by atoms with Crippen LogP contribution in [-0.2, 0) is 0 Å². The van der Waals surface area contributed by atoms with E-state index >= 15 is 0 Å². The van der Waals surface area contributed by atoms with Crippen LogP contribution in [0.4, 0.5) is 0 Å². The van der Waals surface area contributed by atoms with Crippen molar-refractivity contribution in [2.45, 2.75) is 6.92 Å². The molecule has 2 rings (SSSR count). The van der Waals surface area contributed by atoms with E-state index in [4.69, 9.17) is 0 Å². The summed E-state index contributed by atoms with van der Waals surface area (Å²) in [6, 6.07) is 0. The summed E-state index contributed by atoms with van der Waals surface area (Å²) >= 11 is 1.38. The summed E-state index contributed by atoms with van der Waals surface area (Å²) in [5.41, 5.74) is 1.14. The Labute approximate surface area is 77.8 Å². The van der Waals surface area contributed by atoms with E-state index in [2.05, 4.69) is 20.4 Å². The Kier molecular flexibility index (Phi) is 1.90. The molecular weight excluding hydrogens is 188 g/mol. The molecule has 0 spiro atoms. The molecule has 0 radical (unpaired) electrons. The van der Waals surface area contributed by atoms with Crippen molar-refractivity contribution in [1.82, 2.24) is 20.4 Å². The van der Waals surface area contributed by atoms with Crippen molar-refractivity contribution < 1.29 is 4.79 Å². The fourth-order valence-electron chi connectivity index (χ4n) is 0.858. The average Bonchev–Trinajstić information content (AvgIpc) is 2.75. The predicted molar refractivity (Wildman–Crippen MR) is 47.5 cm³/mol. The van der Waals surface area contributed by atoms with Crippen molar-refractivity contribution in [1.29, 1.82) is 0 Å². The Morgan fingerprint density at radius 2 is 2.46 bits per heavy atom. The van der Waals surface area contributed by atoms with Crippen LogP contribution in [0.1, 0.15) is 17.4 Å². The minimum Gasteiger partial charge on any atom is -0.293 e. The number of hydrogen-bond donors (Lipinski definition) is 1. The molecule has 0 saturated carbocycles. The van der Waals surface area contributed by atoms with Gasteiger partial charge < -0.3 is 0 Å². The van der Waals surface area contributed by atoms with Crippen molar-refractivity contribution >= 4 is 17.1 Å². The molecule has 2 aromatic heterocycles. The average molecular weight is 194 g/mol. The number of rotatable bonds is 2. The summed E-state index contributed by atoms with van der Waals surface area (Å²) in [4.78, 5) is 15.0. The third-order valence-electron chi connectivity index (χ3n) is 1.50. The van der Waals surface area contributed by atoms with Crippen LogP contribution in [0.2, 0.25) is 0 Å². The van der Waals surface area contributed by atoms with Gasteiger partial charge in [0, 0.05) is 12.3 Å². The molecule has 6 heteroatoms. The fourth-order valence-corrected chi connectivity index (χ4v) is 1.67. The lowest BCUT2D eigenvalue weighted by Gasteiger charge is -1.84. The Bertz CT molecular complexity index is 419. The third kappa shape index (κ3) is 1.48. The lowest BCUT2D eigenvalue weighted by Crippen LogP contribution is -1.91. The summed E-state index contributed by atoms with van der Waals surface area (Å²) in [6.07, 6.45) is 1.57. The second kappa shape index (κ2) is 3.06. The Hall–Kier alpha value is -1.56. The first kappa shape index (κ1) is 8.06. The fraction of sp³-hybridized carbons (Fsp3) is 0.143. The molecule has 0 fully saturated rings. The minimum atomic E-state index is -0.0361. The second-order valence-corrected chi connectivity index (χ2v) is 3.31. The maximum atomic E-state index is 10.9. The van der Waals surface area contributed by atoms with Gasteiger partial charge in [0.05, 0.1) is 6.20 Å². The second-order valence-electron chi connectivity index (χ2n) is 2.45. The first-order valence-corrected chi connectivity index (χ1v) is 4.48. The van der Waals surface area contributed by atoms with Crippen LogP contribution >= 0.6 is 11.3 Å². The van der Waals surface area contributed by atoms with Crippen molar-refractivity contribution in [3.05, 3.63) is 17.3 Å². The minimum absolute atomic E-state index is 0.0361. The van der Waals surface area contributed by atoms with E-state index in [-0.39, 0.29) is 5.78 Å². The Morgan fingerprint density at radius 1 is 1.62 bits per heavy atom. The zero-order valence-corrected chi connectivity index (χ0v) is 7.63. The molecule has 0 bridgehead atoms. The highest BCUT2D eigenvalue weighted by Gasteiger charge is 2.09. The zero-order valence-electron chi connectivity index (χ0n) is 6.81. The number of nitrogens with one attached hydrogen (secondary N) is 1. The Balaban J connectivity index is 2.39. The van der Waals surface area contributed by atoms with E-state index in [1.807, 2.05) is 0 Å². The van der Waals surface area contributed by atoms with Gasteiger partial charge >= 0.3 is 0 Å². The van der Waals surface area contributed by atoms with Crippen LogP contribution in [0.3, 0.4) is 0 Å². The van der Waals surface area contributed by atoms with Crippen LogP contribution in [0.5, 0.6) is 0 Å². The molecule has 0 unspecified atom stereocenters. The van der Waals surface area contributed by atoms with Gasteiger partial charge in [-0.2, -0.15) is 15.4 Å². The molecule has 0 saturated heterocycles. The van der Waals surface area contributed by atoms with Gasteiger partial charge in [-0.15, -0.1) is 11.3 Å². The molecule has 0 aliphatic carbocycles. The smallest absolute Gasteiger partial charge is 0.178 e. The van der Waals surface area contributed by atoms with Crippen LogP contribution in [-0.4, -0.2) is 26.2 Å². The number of hydrogen-bond acceptors (Lipinski definition) is 5. The number of aromatic amines is 1. The summed E-state index contributed by atoms with van der Waals surface area (Å²) in [6.45, 7) is 1.49. The zero-order chi connectivity index (χ0) is 9.26. The van der Waals surface area contributed by atoms with Gasteiger partial charge in [-0.05, 0) is 0 Å². The van der Waals surface area contributed by atoms with Crippen LogP contribution in [0, 0.1) is 0 Å². The van der Waals surface area contributed by atoms with Crippen LogP contribution in [0.25, 0.3) is 10.7 Å². The van der Waals surface area contributed by atoms with E-state index in [9.17, 15) is 4.79 Å². The van der Waals surface area contributed by atoms with Gasteiger partial charge in [0.2, 0.25) is 0 Å². The van der Waals surface area contributed by atoms with Crippen LogP contribution < -0.4 is 0 Å². The molecule has 5 nitrogen and oxygen atoms in total. The number of thiazole rings is 1. The van der Waals surface area contributed by atoms with Gasteiger partial charge in [-0.3, -0.25) is 4.79 Å². The summed E-state index contributed by atoms with van der Waals surface area (Å²) < 4.78 is 0. The van der Waals surface area contributed by atoms with Crippen molar-refractivity contribution in [2.24, 2.45) is 0 Å². The van der Waals surface area contributed by atoms with Gasteiger partial charge in [0.1, 0.15) is 16.4 Å². The number of H-pyrrole nitrogens is 1. The predicted octanol–water partition coefficient (Wildman–Crippen LogP) is 1.13. The van der Waals surface area contributed by atoms with Gasteiger partial charge in [0.15, 0.2) is 5.78 Å². The largest absolute Gasteiger partial charge is 0.293 e. The lowest BCUT2D eigenvalue weighted by molar-refractivity contribution is 0.101. The normalized spacial score (nSPS) is 10.2. The number of carbonyl (C=O) groups is 1. The highest BCUT2D eigenvalue weighted by molar-refractivity contribution is 7.13. The molecule has 0 amide bonds. The number of nitrogens with zero attached hydrogens (tertiary/aromatic N) is 3. The molecule has 66 valence electrons. The van der Waals surface area contributed by atoms with E-state index in [1.165, 1.54) is 18.3 Å². The van der Waals surface area contributed by atoms with Crippen LogP contribution in [0.15, 0.2) is 11.6 Å². The summed E-state index contributed by atoms with van der Waals surface area (Å²) in [7, 11) is 0. The molecule has 2 aromatic rings. The SMILES string of the molecule is CC(=O)c1csc(-c2cn[nH]n2)n1. The quantitative estimate of drug-likeness (QED) is 0.727. The summed E-state index contributed by atoms with van der Waals surface area (Å²) in [5.74, 6) is -0.0361. The lowest BCUT2D eigenvalue weighted by atomic mass is 10.3. The number of Topliss-reactive ketones (excluding diaryl/α,β-unsaturated/α-hetero) is 1. The molecule has 13 heavy (non-hydrogen) atoms. The highest BCUT2D eigenvalue weighted by Crippen LogP contribution is 2.20. The van der Waals surface area contributed by atoms with Gasteiger partial charge in [-0.25, -0.2) is 4.98 Å². The van der Waals surface area contributed by atoms with Crippen molar-refractivity contribution in [2.75, 3.05) is 0 Å². The standard InChI is InChI=1S/C7H6N4OS/c1-4(12)6-3-13-7(9-6)5-2-8-11-10-5/h2-3H,1H3,(H,8,10,11). The molecule has 2 heterocycles. The van der Waals surface area contributed by atoms with E-state index in [1.54, 1.807) is 11.6 Å². The Morgan fingerprint density at radius 3 is 3.00 bits per heavy atom. The molecule has 0 aliphatic heterocycles. The molecule has 1 N–H and O–H groups in total. The number of ketones is 1. The first-order valence-electron chi connectivity index (χ1n) is 3.60. The van der Waals surface area contributed by atoms with Gasteiger partial charge in [0.25, 0.3) is 0 Å². The van der Waals surface area contributed by atoms with E-state index in [0.29, 0.717) is 16.4 Å². The molecule has 0 atom stereocenters. The topological polar surface area (TPSA) is 71.5 Å². The third-order valence-corrected chi connectivity index (χ3v) is 2.36.